The van der Waals surface area contributed by atoms with Gasteiger partial charge in [0.15, 0.2) is 0 Å². The van der Waals surface area contributed by atoms with Crippen molar-refractivity contribution in [1.29, 1.82) is 0 Å². The van der Waals surface area contributed by atoms with Gasteiger partial charge in [0.1, 0.15) is 5.82 Å². The minimum Gasteiger partial charge on any atom is -0.346 e. The first-order valence-corrected chi connectivity index (χ1v) is 11.1. The number of hydrogen-bond acceptors (Lipinski definition) is 3. The molecule has 4 heterocycles. The molecule has 6 nitrogen and oxygen atoms in total. The lowest BCUT2D eigenvalue weighted by atomic mass is 10.1. The summed E-state index contributed by atoms with van der Waals surface area (Å²) in [4.78, 5) is 19.5. The van der Waals surface area contributed by atoms with Gasteiger partial charge in [-0.15, -0.1) is 0 Å². The lowest BCUT2D eigenvalue weighted by Crippen LogP contribution is -2.34. The predicted octanol–water partition coefficient (Wildman–Crippen LogP) is 4.44. The molecule has 0 bridgehead atoms. The first kappa shape index (κ1) is 20.4. The van der Waals surface area contributed by atoms with Crippen molar-refractivity contribution in [2.75, 3.05) is 6.54 Å². The summed E-state index contributed by atoms with van der Waals surface area (Å²) in [5.41, 5.74) is 4.51. The Labute approximate surface area is 186 Å². The fraction of sp³-hybridized carbons (Fsp3) is 0.320. The lowest BCUT2D eigenvalue weighted by molar-refractivity contribution is -0.131. The molecule has 1 unspecified atom stereocenters. The summed E-state index contributed by atoms with van der Waals surface area (Å²) in [7, 11) is 0. The van der Waals surface area contributed by atoms with Gasteiger partial charge in [0.2, 0.25) is 5.91 Å². The predicted molar refractivity (Wildman–Crippen MR) is 121 cm³/mol. The van der Waals surface area contributed by atoms with Crippen molar-refractivity contribution in [3.05, 3.63) is 72.4 Å². The van der Waals surface area contributed by atoms with E-state index in [0.29, 0.717) is 24.3 Å². The number of aromatic amines is 1. The SMILES string of the molecule is C[C@H]1CC(Cn2ccc3nc(-c4cn[nH]c4)ccc32)CN1C(=O)CCc1ccccc1F. The Bertz CT molecular complexity index is 1230. The van der Waals surface area contributed by atoms with Gasteiger partial charge in [0, 0.05) is 43.5 Å². The summed E-state index contributed by atoms with van der Waals surface area (Å²) in [6.45, 7) is 3.68. The highest BCUT2D eigenvalue weighted by atomic mass is 19.1. The van der Waals surface area contributed by atoms with Crippen LogP contribution in [0.5, 0.6) is 0 Å². The minimum absolute atomic E-state index is 0.104. The average Bonchev–Trinajstić information content (AvgIpc) is 3.54. The van der Waals surface area contributed by atoms with E-state index in [9.17, 15) is 9.18 Å². The van der Waals surface area contributed by atoms with E-state index < -0.39 is 0 Å². The summed E-state index contributed by atoms with van der Waals surface area (Å²) < 4.78 is 16.1. The number of rotatable bonds is 6. The zero-order chi connectivity index (χ0) is 22.1. The molecule has 1 aliphatic heterocycles. The molecule has 4 aromatic rings. The molecule has 0 spiro atoms. The van der Waals surface area contributed by atoms with Gasteiger partial charge in [-0.1, -0.05) is 18.2 Å². The minimum atomic E-state index is -0.239. The van der Waals surface area contributed by atoms with Crippen LogP contribution in [0, 0.1) is 11.7 Å². The van der Waals surface area contributed by atoms with Crippen LogP contribution in [0.1, 0.15) is 25.3 Å². The smallest absolute Gasteiger partial charge is 0.223 e. The van der Waals surface area contributed by atoms with E-state index in [2.05, 4.69) is 34.0 Å². The number of fused-ring (bicyclic) bond motifs is 1. The number of H-pyrrole nitrogens is 1. The van der Waals surface area contributed by atoms with Crippen LogP contribution in [0.3, 0.4) is 0 Å². The second-order valence-corrected chi connectivity index (χ2v) is 8.64. The maximum atomic E-state index is 13.9. The van der Waals surface area contributed by atoms with Crippen LogP contribution in [0.2, 0.25) is 0 Å². The summed E-state index contributed by atoms with van der Waals surface area (Å²) in [6, 6.07) is 13.0. The highest BCUT2D eigenvalue weighted by Gasteiger charge is 2.32. The molecule has 1 amide bonds. The van der Waals surface area contributed by atoms with Crippen molar-refractivity contribution >= 4 is 16.9 Å². The van der Waals surface area contributed by atoms with Gasteiger partial charge in [0.25, 0.3) is 0 Å². The first-order chi connectivity index (χ1) is 15.6. The lowest BCUT2D eigenvalue weighted by Gasteiger charge is -2.21. The molecule has 3 aromatic heterocycles. The summed E-state index contributed by atoms with van der Waals surface area (Å²) in [6.07, 6.45) is 7.42. The quantitative estimate of drug-likeness (QED) is 0.491. The largest absolute Gasteiger partial charge is 0.346 e. The van der Waals surface area contributed by atoms with Crippen LogP contribution >= 0.6 is 0 Å². The number of likely N-dealkylation sites (tertiary alicyclic amines) is 1. The van der Waals surface area contributed by atoms with Crippen molar-refractivity contribution in [3.63, 3.8) is 0 Å². The van der Waals surface area contributed by atoms with Crippen LogP contribution in [0.15, 0.2) is 61.1 Å². The normalized spacial score (nSPS) is 18.5. The highest BCUT2D eigenvalue weighted by Crippen LogP contribution is 2.28. The fourth-order valence-electron chi connectivity index (χ4n) is 4.77. The topological polar surface area (TPSA) is 66.8 Å². The van der Waals surface area contributed by atoms with Gasteiger partial charge in [-0.05, 0) is 55.5 Å². The monoisotopic (exact) mass is 431 g/mol. The molecular weight excluding hydrogens is 405 g/mol. The Morgan fingerprint density at radius 2 is 2.09 bits per heavy atom. The number of hydrogen-bond donors (Lipinski definition) is 1. The third-order valence-electron chi connectivity index (χ3n) is 6.42. The number of nitrogens with one attached hydrogen (secondary N) is 1. The molecule has 1 saturated heterocycles. The standard InChI is InChI=1S/C25H26FN5O/c1-17-12-18(16-31(17)25(32)9-6-19-4-2-3-5-21(19)26)15-30-11-10-23-24(30)8-7-22(29-23)20-13-27-28-14-20/h2-5,7-8,10-11,13-14,17-18H,6,9,12,15-16H2,1H3,(H,27,28)/t17-,18?/m0/s1. The molecule has 1 aliphatic rings. The van der Waals surface area contributed by atoms with Crippen LogP contribution in [-0.2, 0) is 17.8 Å². The van der Waals surface area contributed by atoms with Crippen molar-refractivity contribution in [1.82, 2.24) is 24.6 Å². The van der Waals surface area contributed by atoms with E-state index in [-0.39, 0.29) is 17.8 Å². The van der Waals surface area contributed by atoms with Crippen molar-refractivity contribution in [2.24, 2.45) is 5.92 Å². The van der Waals surface area contributed by atoms with Gasteiger partial charge in [-0.3, -0.25) is 9.89 Å². The number of pyridine rings is 1. The van der Waals surface area contributed by atoms with E-state index in [0.717, 1.165) is 41.8 Å². The van der Waals surface area contributed by atoms with Gasteiger partial charge in [-0.2, -0.15) is 5.10 Å². The maximum absolute atomic E-state index is 13.9. The van der Waals surface area contributed by atoms with E-state index in [1.165, 1.54) is 6.07 Å². The number of carbonyl (C=O) groups excluding carboxylic acids is 1. The Balaban J connectivity index is 1.23. The molecule has 1 fully saturated rings. The van der Waals surface area contributed by atoms with Crippen LogP contribution in [0.4, 0.5) is 4.39 Å². The molecule has 1 aromatic carbocycles. The van der Waals surface area contributed by atoms with E-state index >= 15 is 0 Å². The van der Waals surface area contributed by atoms with Crippen molar-refractivity contribution in [3.8, 4) is 11.3 Å². The molecule has 0 saturated carbocycles. The summed E-state index contributed by atoms with van der Waals surface area (Å²) >= 11 is 0. The van der Waals surface area contributed by atoms with Gasteiger partial charge < -0.3 is 9.47 Å². The van der Waals surface area contributed by atoms with Gasteiger partial charge in [-0.25, -0.2) is 9.37 Å². The molecule has 2 atom stereocenters. The Hall–Kier alpha value is -3.48. The first-order valence-electron chi connectivity index (χ1n) is 11.1. The fourth-order valence-corrected chi connectivity index (χ4v) is 4.77. The average molecular weight is 432 g/mol. The number of benzene rings is 1. The van der Waals surface area contributed by atoms with Crippen LogP contribution in [-0.4, -0.2) is 43.1 Å². The number of aryl methyl sites for hydroxylation is 1. The maximum Gasteiger partial charge on any atom is 0.223 e. The number of carbonyl (C=O) groups is 1. The Morgan fingerprint density at radius 1 is 1.22 bits per heavy atom. The molecule has 32 heavy (non-hydrogen) atoms. The van der Waals surface area contributed by atoms with Crippen LogP contribution in [0.25, 0.3) is 22.3 Å². The van der Waals surface area contributed by atoms with E-state index in [1.54, 1.807) is 18.3 Å². The van der Waals surface area contributed by atoms with Crippen LogP contribution < -0.4 is 0 Å². The zero-order valence-electron chi connectivity index (χ0n) is 18.0. The Morgan fingerprint density at radius 3 is 2.91 bits per heavy atom. The number of amides is 1. The number of aromatic nitrogens is 4. The van der Waals surface area contributed by atoms with E-state index in [1.807, 2.05) is 29.3 Å². The van der Waals surface area contributed by atoms with Crippen molar-refractivity contribution in [2.45, 2.75) is 38.8 Å². The molecule has 5 rings (SSSR count). The second kappa shape index (κ2) is 8.57. The van der Waals surface area contributed by atoms with Gasteiger partial charge in [0.05, 0.1) is 22.9 Å². The molecule has 7 heteroatoms. The second-order valence-electron chi connectivity index (χ2n) is 8.64. The van der Waals surface area contributed by atoms with E-state index in [4.69, 9.17) is 4.98 Å². The molecular formula is C25H26FN5O. The summed E-state index contributed by atoms with van der Waals surface area (Å²) in [5, 5.41) is 6.82. The number of halogens is 1. The molecule has 0 radical (unpaired) electrons. The highest BCUT2D eigenvalue weighted by molar-refractivity contribution is 5.79. The van der Waals surface area contributed by atoms with Crippen molar-refractivity contribution < 1.29 is 9.18 Å². The molecule has 1 N–H and O–H groups in total. The third-order valence-corrected chi connectivity index (χ3v) is 6.42. The molecule has 0 aliphatic carbocycles. The molecule has 164 valence electrons. The van der Waals surface area contributed by atoms with Gasteiger partial charge >= 0.3 is 0 Å². The summed E-state index contributed by atoms with van der Waals surface area (Å²) in [5.74, 6) is 0.246. The third kappa shape index (κ3) is 4.02. The number of nitrogens with zero attached hydrogens (tertiary/aromatic N) is 4. The Kier molecular flexibility index (Phi) is 5.47. The zero-order valence-corrected chi connectivity index (χ0v) is 18.0.